The molecule has 2 aromatic rings. The summed E-state index contributed by atoms with van der Waals surface area (Å²) in [6.07, 6.45) is 0.997. The number of hydrogen-bond acceptors (Lipinski definition) is 4. The van der Waals surface area contributed by atoms with Gasteiger partial charge in [-0.05, 0) is 25.8 Å². The predicted octanol–water partition coefficient (Wildman–Crippen LogP) is 1.98. The molecule has 1 aromatic carbocycles. The Kier molecular flexibility index (Phi) is 5.30. The van der Waals surface area contributed by atoms with Crippen LogP contribution in [0.15, 0.2) is 34.9 Å². The van der Waals surface area contributed by atoms with Crippen LogP contribution in [-0.4, -0.2) is 23.5 Å². The number of hydrogen-bond donors (Lipinski definition) is 2. The summed E-state index contributed by atoms with van der Waals surface area (Å²) in [6.45, 7) is 3.66. The summed E-state index contributed by atoms with van der Waals surface area (Å²) in [5, 5.41) is 8.77. The smallest absolute Gasteiger partial charge is 0.245 e. The minimum atomic E-state index is -0.336. The fraction of sp³-hybridized carbons (Fsp3) is 0.312. The summed E-state index contributed by atoms with van der Waals surface area (Å²) < 4.78 is 4.84. The second kappa shape index (κ2) is 7.40. The number of aryl methyl sites for hydroxylation is 3. The molecular formula is C16H19N3O3. The molecule has 0 atom stereocenters. The van der Waals surface area contributed by atoms with E-state index in [1.54, 1.807) is 13.0 Å². The standard InChI is InChI=1S/C16H19N3O3/c1-11-4-3-5-13(8-11)6-7-15(20)17-10-16(21)18-14-9-12(2)22-19-14/h3-5,8-9H,6-7,10H2,1-2H3,(H,17,20)(H,18,19,21). The largest absolute Gasteiger partial charge is 0.360 e. The molecule has 6 nitrogen and oxygen atoms in total. The molecule has 0 radical (unpaired) electrons. The van der Waals surface area contributed by atoms with Crippen molar-refractivity contribution in [1.29, 1.82) is 0 Å². The number of nitrogens with zero attached hydrogens (tertiary/aromatic N) is 1. The lowest BCUT2D eigenvalue weighted by Gasteiger charge is -2.05. The van der Waals surface area contributed by atoms with Gasteiger partial charge in [0.15, 0.2) is 5.82 Å². The molecule has 0 aliphatic carbocycles. The van der Waals surface area contributed by atoms with Crippen molar-refractivity contribution >= 4 is 17.6 Å². The zero-order valence-electron chi connectivity index (χ0n) is 12.7. The maximum absolute atomic E-state index is 11.7. The third-order valence-electron chi connectivity index (χ3n) is 3.06. The second-order valence-electron chi connectivity index (χ2n) is 5.14. The molecule has 0 unspecified atom stereocenters. The summed E-state index contributed by atoms with van der Waals surface area (Å²) in [5.74, 6) is 0.458. The summed E-state index contributed by atoms with van der Waals surface area (Å²) in [5.41, 5.74) is 2.28. The molecular weight excluding hydrogens is 282 g/mol. The molecule has 0 bridgehead atoms. The molecule has 1 aromatic heterocycles. The lowest BCUT2D eigenvalue weighted by Crippen LogP contribution is -2.33. The van der Waals surface area contributed by atoms with Gasteiger partial charge in [0.2, 0.25) is 11.8 Å². The van der Waals surface area contributed by atoms with Gasteiger partial charge in [-0.15, -0.1) is 0 Å². The van der Waals surface area contributed by atoms with Gasteiger partial charge in [-0.2, -0.15) is 0 Å². The monoisotopic (exact) mass is 301 g/mol. The molecule has 0 saturated heterocycles. The average Bonchev–Trinajstić information content (AvgIpc) is 2.88. The molecule has 0 aliphatic heterocycles. The minimum absolute atomic E-state index is 0.0848. The maximum atomic E-state index is 11.7. The van der Waals surface area contributed by atoms with Crippen LogP contribution in [0, 0.1) is 13.8 Å². The molecule has 22 heavy (non-hydrogen) atoms. The Bertz CT molecular complexity index is 664. The van der Waals surface area contributed by atoms with E-state index in [2.05, 4.69) is 15.8 Å². The Morgan fingerprint density at radius 2 is 2.00 bits per heavy atom. The Labute approximate surface area is 128 Å². The van der Waals surface area contributed by atoms with E-state index >= 15 is 0 Å². The van der Waals surface area contributed by atoms with Gasteiger partial charge >= 0.3 is 0 Å². The van der Waals surface area contributed by atoms with Crippen LogP contribution in [0.25, 0.3) is 0 Å². The van der Waals surface area contributed by atoms with E-state index in [4.69, 9.17) is 4.52 Å². The molecule has 2 amide bonds. The normalized spacial score (nSPS) is 10.3. The first-order chi connectivity index (χ1) is 10.5. The van der Waals surface area contributed by atoms with Crippen LogP contribution in [0.4, 0.5) is 5.82 Å². The van der Waals surface area contributed by atoms with Crippen molar-refractivity contribution in [1.82, 2.24) is 10.5 Å². The number of anilines is 1. The van der Waals surface area contributed by atoms with E-state index in [9.17, 15) is 9.59 Å². The summed E-state index contributed by atoms with van der Waals surface area (Å²) in [4.78, 5) is 23.4. The molecule has 1 heterocycles. The number of carbonyl (C=O) groups is 2. The van der Waals surface area contributed by atoms with Gasteiger partial charge in [0.25, 0.3) is 0 Å². The Balaban J connectivity index is 1.70. The van der Waals surface area contributed by atoms with Gasteiger partial charge in [0, 0.05) is 12.5 Å². The maximum Gasteiger partial charge on any atom is 0.245 e. The highest BCUT2D eigenvalue weighted by atomic mass is 16.5. The summed E-state index contributed by atoms with van der Waals surface area (Å²) in [7, 11) is 0. The van der Waals surface area contributed by atoms with E-state index < -0.39 is 0 Å². The molecule has 2 N–H and O–H groups in total. The van der Waals surface area contributed by atoms with Gasteiger partial charge in [-0.3, -0.25) is 9.59 Å². The first-order valence-corrected chi connectivity index (χ1v) is 7.08. The van der Waals surface area contributed by atoms with Gasteiger partial charge in [0.05, 0.1) is 6.54 Å². The zero-order valence-corrected chi connectivity index (χ0v) is 12.7. The van der Waals surface area contributed by atoms with Crippen molar-refractivity contribution in [2.45, 2.75) is 26.7 Å². The second-order valence-corrected chi connectivity index (χ2v) is 5.14. The predicted molar refractivity (Wildman–Crippen MR) is 82.4 cm³/mol. The van der Waals surface area contributed by atoms with Crippen molar-refractivity contribution in [2.24, 2.45) is 0 Å². The number of aromatic nitrogens is 1. The summed E-state index contributed by atoms with van der Waals surface area (Å²) >= 11 is 0. The highest BCUT2D eigenvalue weighted by Gasteiger charge is 2.08. The van der Waals surface area contributed by atoms with Crippen LogP contribution < -0.4 is 10.6 Å². The van der Waals surface area contributed by atoms with Gasteiger partial charge < -0.3 is 15.2 Å². The highest BCUT2D eigenvalue weighted by molar-refractivity contribution is 5.93. The third kappa shape index (κ3) is 5.05. The van der Waals surface area contributed by atoms with Crippen molar-refractivity contribution in [2.75, 3.05) is 11.9 Å². The Hall–Kier alpha value is -2.63. The first-order valence-electron chi connectivity index (χ1n) is 7.08. The molecule has 0 fully saturated rings. The minimum Gasteiger partial charge on any atom is -0.360 e. The molecule has 0 spiro atoms. The van der Waals surface area contributed by atoms with Gasteiger partial charge in [0.1, 0.15) is 5.76 Å². The van der Waals surface area contributed by atoms with Crippen LogP contribution >= 0.6 is 0 Å². The quantitative estimate of drug-likeness (QED) is 0.854. The highest BCUT2D eigenvalue weighted by Crippen LogP contribution is 2.07. The van der Waals surface area contributed by atoms with Crippen LogP contribution in [0.1, 0.15) is 23.3 Å². The molecule has 0 saturated carbocycles. The third-order valence-corrected chi connectivity index (χ3v) is 3.06. The molecule has 0 aliphatic rings. The SMILES string of the molecule is Cc1cccc(CCC(=O)NCC(=O)Nc2cc(C)on2)c1. The molecule has 2 rings (SSSR count). The number of benzene rings is 1. The van der Waals surface area contributed by atoms with Gasteiger partial charge in [-0.1, -0.05) is 35.0 Å². The Morgan fingerprint density at radius 3 is 2.68 bits per heavy atom. The number of carbonyl (C=O) groups excluding carboxylic acids is 2. The molecule has 116 valence electrons. The van der Waals surface area contributed by atoms with Gasteiger partial charge in [-0.25, -0.2) is 0 Å². The zero-order chi connectivity index (χ0) is 15.9. The van der Waals surface area contributed by atoms with Crippen molar-refractivity contribution in [3.63, 3.8) is 0 Å². The fourth-order valence-electron chi connectivity index (χ4n) is 2.01. The fourth-order valence-corrected chi connectivity index (χ4v) is 2.01. The average molecular weight is 301 g/mol. The lowest BCUT2D eigenvalue weighted by atomic mass is 10.1. The van der Waals surface area contributed by atoms with E-state index in [0.29, 0.717) is 24.4 Å². The van der Waals surface area contributed by atoms with Crippen LogP contribution in [0.5, 0.6) is 0 Å². The van der Waals surface area contributed by atoms with E-state index in [1.807, 2.05) is 31.2 Å². The van der Waals surface area contributed by atoms with Crippen LogP contribution in [0.3, 0.4) is 0 Å². The lowest BCUT2D eigenvalue weighted by molar-refractivity contribution is -0.124. The Morgan fingerprint density at radius 1 is 1.18 bits per heavy atom. The van der Waals surface area contributed by atoms with Crippen LogP contribution in [0.2, 0.25) is 0 Å². The van der Waals surface area contributed by atoms with Crippen molar-refractivity contribution < 1.29 is 14.1 Å². The number of rotatable bonds is 6. The molecule has 6 heteroatoms. The topological polar surface area (TPSA) is 84.2 Å². The van der Waals surface area contributed by atoms with E-state index in [1.165, 1.54) is 5.56 Å². The van der Waals surface area contributed by atoms with Crippen molar-refractivity contribution in [3.8, 4) is 0 Å². The van der Waals surface area contributed by atoms with E-state index in [0.717, 1.165) is 5.56 Å². The van der Waals surface area contributed by atoms with Crippen molar-refractivity contribution in [3.05, 3.63) is 47.2 Å². The van der Waals surface area contributed by atoms with Crippen LogP contribution in [-0.2, 0) is 16.0 Å². The first kappa shape index (κ1) is 15.8. The number of amides is 2. The van der Waals surface area contributed by atoms with E-state index in [-0.39, 0.29) is 18.4 Å². The number of nitrogens with one attached hydrogen (secondary N) is 2. The summed E-state index contributed by atoms with van der Waals surface area (Å²) in [6, 6.07) is 9.62.